The Labute approximate surface area is 78.6 Å². The fourth-order valence-electron chi connectivity index (χ4n) is 1.88. The minimum Gasteiger partial charge on any atom is -0.506 e. The standard InChI is InChI=1S/C11H15NO/c1-8-4-2-5-9-6-3-7-10(13)11(9)12-8/h3,6-8,12-13H,2,4-5H2,1H3. The molecule has 0 radical (unpaired) electrons. The first-order valence-electron chi connectivity index (χ1n) is 4.85. The summed E-state index contributed by atoms with van der Waals surface area (Å²) < 4.78 is 0. The van der Waals surface area contributed by atoms with Gasteiger partial charge in [0.1, 0.15) is 5.75 Å². The van der Waals surface area contributed by atoms with Gasteiger partial charge >= 0.3 is 0 Å². The number of para-hydroxylation sites is 1. The van der Waals surface area contributed by atoms with Gasteiger partial charge in [0.25, 0.3) is 0 Å². The van der Waals surface area contributed by atoms with Gasteiger partial charge in [-0.2, -0.15) is 0 Å². The van der Waals surface area contributed by atoms with Crippen LogP contribution in [0.3, 0.4) is 0 Å². The van der Waals surface area contributed by atoms with E-state index in [1.807, 2.05) is 6.07 Å². The molecule has 2 nitrogen and oxygen atoms in total. The molecule has 0 amide bonds. The van der Waals surface area contributed by atoms with Gasteiger partial charge in [-0.15, -0.1) is 0 Å². The normalized spacial score (nSPS) is 21.5. The predicted octanol–water partition coefficient (Wildman–Crippen LogP) is 2.53. The minimum absolute atomic E-state index is 0.381. The van der Waals surface area contributed by atoms with Crippen molar-refractivity contribution < 1.29 is 5.11 Å². The molecular weight excluding hydrogens is 162 g/mol. The van der Waals surface area contributed by atoms with Crippen LogP contribution in [0.4, 0.5) is 5.69 Å². The molecule has 1 aliphatic heterocycles. The van der Waals surface area contributed by atoms with E-state index in [4.69, 9.17) is 0 Å². The summed E-state index contributed by atoms with van der Waals surface area (Å²) in [6.45, 7) is 2.15. The number of nitrogens with one attached hydrogen (secondary N) is 1. The maximum atomic E-state index is 9.64. The molecule has 1 aromatic rings. The van der Waals surface area contributed by atoms with Crippen molar-refractivity contribution in [1.82, 2.24) is 0 Å². The lowest BCUT2D eigenvalue weighted by molar-refractivity contribution is 0.476. The molecule has 1 heterocycles. The number of anilines is 1. The first-order chi connectivity index (χ1) is 6.27. The van der Waals surface area contributed by atoms with Crippen molar-refractivity contribution in [3.63, 3.8) is 0 Å². The number of hydrogen-bond acceptors (Lipinski definition) is 2. The lowest BCUT2D eigenvalue weighted by Crippen LogP contribution is -2.13. The Morgan fingerprint density at radius 3 is 3.15 bits per heavy atom. The summed E-state index contributed by atoms with van der Waals surface area (Å²) in [5, 5.41) is 13.0. The first kappa shape index (κ1) is 8.42. The van der Waals surface area contributed by atoms with Crippen LogP contribution < -0.4 is 5.32 Å². The van der Waals surface area contributed by atoms with Crippen LogP contribution in [-0.2, 0) is 6.42 Å². The second kappa shape index (κ2) is 3.29. The van der Waals surface area contributed by atoms with E-state index in [2.05, 4.69) is 18.3 Å². The Morgan fingerprint density at radius 2 is 2.31 bits per heavy atom. The van der Waals surface area contributed by atoms with E-state index in [-0.39, 0.29) is 0 Å². The van der Waals surface area contributed by atoms with Gasteiger partial charge in [-0.05, 0) is 37.8 Å². The van der Waals surface area contributed by atoms with Crippen molar-refractivity contribution in [2.75, 3.05) is 5.32 Å². The van der Waals surface area contributed by atoms with E-state index >= 15 is 0 Å². The zero-order chi connectivity index (χ0) is 9.26. The Kier molecular flexibility index (Phi) is 2.13. The number of phenols is 1. The molecule has 0 aromatic heterocycles. The molecule has 2 N–H and O–H groups in total. The Morgan fingerprint density at radius 1 is 1.46 bits per heavy atom. The van der Waals surface area contributed by atoms with Crippen LogP contribution in [0.1, 0.15) is 25.3 Å². The fraction of sp³-hybridized carbons (Fsp3) is 0.455. The molecule has 70 valence electrons. The monoisotopic (exact) mass is 177 g/mol. The highest BCUT2D eigenvalue weighted by Gasteiger charge is 2.14. The summed E-state index contributed by atoms with van der Waals surface area (Å²) in [6, 6.07) is 6.20. The first-order valence-corrected chi connectivity index (χ1v) is 4.85. The van der Waals surface area contributed by atoms with E-state index in [0.29, 0.717) is 11.8 Å². The second-order valence-corrected chi connectivity index (χ2v) is 3.75. The van der Waals surface area contributed by atoms with E-state index in [0.717, 1.165) is 12.1 Å². The zero-order valence-corrected chi connectivity index (χ0v) is 7.88. The molecule has 1 aromatic carbocycles. The van der Waals surface area contributed by atoms with Crippen molar-refractivity contribution in [3.8, 4) is 5.75 Å². The van der Waals surface area contributed by atoms with Crippen LogP contribution in [0, 0.1) is 0 Å². The van der Waals surface area contributed by atoms with Crippen LogP contribution >= 0.6 is 0 Å². The Hall–Kier alpha value is -1.18. The molecule has 1 atom stereocenters. The maximum absolute atomic E-state index is 9.64. The highest BCUT2D eigenvalue weighted by Crippen LogP contribution is 2.31. The van der Waals surface area contributed by atoms with Gasteiger partial charge in [0.2, 0.25) is 0 Å². The van der Waals surface area contributed by atoms with E-state index in [1.165, 1.54) is 18.4 Å². The maximum Gasteiger partial charge on any atom is 0.138 e. The Bertz CT molecular complexity index is 309. The number of hydrogen-bond donors (Lipinski definition) is 2. The van der Waals surface area contributed by atoms with Gasteiger partial charge in [-0.25, -0.2) is 0 Å². The molecule has 0 spiro atoms. The molecule has 1 unspecified atom stereocenters. The summed E-state index contributed by atoms with van der Waals surface area (Å²) >= 11 is 0. The molecule has 2 heteroatoms. The molecule has 13 heavy (non-hydrogen) atoms. The predicted molar refractivity (Wildman–Crippen MR) is 54.1 cm³/mol. The van der Waals surface area contributed by atoms with Crippen LogP contribution in [0.15, 0.2) is 18.2 Å². The molecule has 2 rings (SSSR count). The molecule has 0 aliphatic carbocycles. The van der Waals surface area contributed by atoms with Gasteiger partial charge in [-0.1, -0.05) is 12.1 Å². The summed E-state index contributed by atoms with van der Waals surface area (Å²) in [5.41, 5.74) is 2.18. The third-order valence-corrected chi connectivity index (χ3v) is 2.60. The van der Waals surface area contributed by atoms with E-state index < -0.39 is 0 Å². The van der Waals surface area contributed by atoms with Crippen molar-refractivity contribution in [2.24, 2.45) is 0 Å². The smallest absolute Gasteiger partial charge is 0.138 e. The van der Waals surface area contributed by atoms with Crippen LogP contribution in [0.5, 0.6) is 5.75 Å². The van der Waals surface area contributed by atoms with Crippen molar-refractivity contribution in [1.29, 1.82) is 0 Å². The summed E-state index contributed by atoms with van der Waals surface area (Å²) in [4.78, 5) is 0. The van der Waals surface area contributed by atoms with Gasteiger partial charge in [-0.3, -0.25) is 0 Å². The zero-order valence-electron chi connectivity index (χ0n) is 7.88. The molecule has 0 saturated heterocycles. The van der Waals surface area contributed by atoms with Crippen molar-refractivity contribution >= 4 is 5.69 Å². The van der Waals surface area contributed by atoms with Gasteiger partial charge in [0.15, 0.2) is 0 Å². The highest BCUT2D eigenvalue weighted by molar-refractivity contribution is 5.62. The summed E-state index contributed by atoms with van der Waals surface area (Å²) in [6.07, 6.45) is 3.44. The van der Waals surface area contributed by atoms with Crippen molar-refractivity contribution in [3.05, 3.63) is 23.8 Å². The lowest BCUT2D eigenvalue weighted by Gasteiger charge is -2.13. The summed E-state index contributed by atoms with van der Waals surface area (Å²) in [5.74, 6) is 0.381. The molecular formula is C11H15NO. The van der Waals surface area contributed by atoms with Crippen LogP contribution in [0.25, 0.3) is 0 Å². The molecule has 0 saturated carbocycles. The number of aryl methyl sites for hydroxylation is 1. The minimum atomic E-state index is 0.381. The number of fused-ring (bicyclic) bond motifs is 1. The average Bonchev–Trinajstić information content (AvgIpc) is 2.28. The van der Waals surface area contributed by atoms with E-state index in [1.54, 1.807) is 6.07 Å². The molecule has 1 aliphatic rings. The average molecular weight is 177 g/mol. The quantitative estimate of drug-likeness (QED) is 0.597. The van der Waals surface area contributed by atoms with Gasteiger partial charge < -0.3 is 10.4 Å². The largest absolute Gasteiger partial charge is 0.506 e. The third-order valence-electron chi connectivity index (χ3n) is 2.60. The van der Waals surface area contributed by atoms with Gasteiger partial charge in [0.05, 0.1) is 5.69 Å². The fourth-order valence-corrected chi connectivity index (χ4v) is 1.88. The Balaban J connectivity index is 2.40. The highest BCUT2D eigenvalue weighted by atomic mass is 16.3. The van der Waals surface area contributed by atoms with Crippen LogP contribution in [0.2, 0.25) is 0 Å². The number of benzene rings is 1. The molecule has 0 bridgehead atoms. The van der Waals surface area contributed by atoms with E-state index in [9.17, 15) is 5.11 Å². The number of rotatable bonds is 0. The van der Waals surface area contributed by atoms with Crippen LogP contribution in [-0.4, -0.2) is 11.1 Å². The van der Waals surface area contributed by atoms with Gasteiger partial charge in [0, 0.05) is 6.04 Å². The number of aromatic hydroxyl groups is 1. The SMILES string of the molecule is CC1CCCc2cccc(O)c2N1. The number of phenolic OH excluding ortho intramolecular Hbond substituents is 1. The summed E-state index contributed by atoms with van der Waals surface area (Å²) in [7, 11) is 0. The second-order valence-electron chi connectivity index (χ2n) is 3.75. The lowest BCUT2D eigenvalue weighted by atomic mass is 10.1. The topological polar surface area (TPSA) is 32.3 Å². The molecule has 0 fully saturated rings. The van der Waals surface area contributed by atoms with Crippen molar-refractivity contribution in [2.45, 2.75) is 32.2 Å². The third kappa shape index (κ3) is 1.62.